The Labute approximate surface area is 132 Å². The van der Waals surface area contributed by atoms with Crippen LogP contribution in [0.1, 0.15) is 5.76 Å². The zero-order valence-electron chi connectivity index (χ0n) is 10.1. The van der Waals surface area contributed by atoms with E-state index in [-0.39, 0.29) is 5.57 Å². The van der Waals surface area contributed by atoms with E-state index in [2.05, 4.69) is 37.2 Å². The van der Waals surface area contributed by atoms with Crippen LogP contribution in [-0.4, -0.2) is 5.91 Å². The summed E-state index contributed by atoms with van der Waals surface area (Å²) in [6.45, 7) is 0. The maximum atomic E-state index is 12.0. The topological polar surface area (TPSA) is 66.0 Å². The van der Waals surface area contributed by atoms with E-state index in [1.54, 1.807) is 30.3 Å². The van der Waals surface area contributed by atoms with Gasteiger partial charge in [0, 0.05) is 11.8 Å². The first-order valence-electron chi connectivity index (χ1n) is 5.53. The molecule has 0 saturated carbocycles. The van der Waals surface area contributed by atoms with Gasteiger partial charge in [0.25, 0.3) is 5.91 Å². The molecule has 0 unspecified atom stereocenters. The molecular weight excluding hydrogens is 388 g/mol. The smallest absolute Gasteiger partial charge is 0.266 e. The van der Waals surface area contributed by atoms with Gasteiger partial charge in [0.1, 0.15) is 17.4 Å². The van der Waals surface area contributed by atoms with Crippen molar-refractivity contribution in [3.8, 4) is 6.07 Å². The summed E-state index contributed by atoms with van der Waals surface area (Å²) < 4.78 is 6.53. The quantitative estimate of drug-likeness (QED) is 0.620. The van der Waals surface area contributed by atoms with Gasteiger partial charge in [0.15, 0.2) is 4.67 Å². The summed E-state index contributed by atoms with van der Waals surface area (Å²) in [6, 6.07) is 12.4. The molecule has 0 aliphatic rings. The van der Waals surface area contributed by atoms with Crippen LogP contribution in [0.25, 0.3) is 6.08 Å². The van der Waals surface area contributed by atoms with E-state index >= 15 is 0 Å². The molecule has 2 aromatic rings. The van der Waals surface area contributed by atoms with Crippen molar-refractivity contribution in [2.75, 3.05) is 5.32 Å². The minimum atomic E-state index is -0.484. The Morgan fingerprint density at radius 3 is 2.55 bits per heavy atom. The lowest BCUT2D eigenvalue weighted by Crippen LogP contribution is -2.13. The summed E-state index contributed by atoms with van der Waals surface area (Å²) in [5, 5.41) is 11.7. The summed E-state index contributed by atoms with van der Waals surface area (Å²) in [5.41, 5.74) is 0.586. The number of nitrogens with one attached hydrogen (secondary N) is 1. The van der Waals surface area contributed by atoms with Crippen molar-refractivity contribution in [1.82, 2.24) is 0 Å². The Hall–Kier alpha value is -1.84. The maximum Gasteiger partial charge on any atom is 0.266 e. The van der Waals surface area contributed by atoms with Gasteiger partial charge in [-0.1, -0.05) is 18.2 Å². The first kappa shape index (κ1) is 14.6. The van der Waals surface area contributed by atoms with Crippen LogP contribution >= 0.6 is 31.9 Å². The molecule has 20 heavy (non-hydrogen) atoms. The fourth-order valence-corrected chi connectivity index (χ4v) is 2.05. The van der Waals surface area contributed by atoms with Crippen LogP contribution in [-0.2, 0) is 4.79 Å². The highest BCUT2D eigenvalue weighted by Crippen LogP contribution is 2.28. The van der Waals surface area contributed by atoms with Crippen molar-refractivity contribution in [1.29, 1.82) is 5.26 Å². The molecule has 0 fully saturated rings. The Bertz CT molecular complexity index is 680. The highest BCUT2D eigenvalue weighted by atomic mass is 79.9. The number of rotatable bonds is 3. The van der Waals surface area contributed by atoms with Crippen LogP contribution in [0.4, 0.5) is 5.69 Å². The minimum absolute atomic E-state index is 0.0393. The average molecular weight is 396 g/mol. The number of nitrogens with zero attached hydrogens (tertiary/aromatic N) is 1. The lowest BCUT2D eigenvalue weighted by atomic mass is 10.2. The molecule has 0 radical (unpaired) electrons. The summed E-state index contributed by atoms with van der Waals surface area (Å²) in [6.07, 6.45) is 1.38. The van der Waals surface area contributed by atoms with Gasteiger partial charge in [-0.25, -0.2) is 0 Å². The second-order valence-corrected chi connectivity index (χ2v) is 5.33. The molecule has 1 amide bonds. The van der Waals surface area contributed by atoms with Crippen molar-refractivity contribution in [2.24, 2.45) is 0 Å². The average Bonchev–Trinajstić information content (AvgIpc) is 2.76. The normalized spacial score (nSPS) is 10.9. The van der Waals surface area contributed by atoms with Gasteiger partial charge in [-0.15, -0.1) is 0 Å². The van der Waals surface area contributed by atoms with E-state index < -0.39 is 5.91 Å². The molecule has 0 saturated heterocycles. The molecule has 6 heteroatoms. The number of para-hydroxylation sites is 1. The molecule has 1 heterocycles. The van der Waals surface area contributed by atoms with Crippen LogP contribution in [0, 0.1) is 11.3 Å². The van der Waals surface area contributed by atoms with Gasteiger partial charge in [-0.2, -0.15) is 5.26 Å². The van der Waals surface area contributed by atoms with Crippen LogP contribution in [0.2, 0.25) is 0 Å². The van der Waals surface area contributed by atoms with E-state index in [1.165, 1.54) is 6.08 Å². The second kappa shape index (κ2) is 6.55. The van der Waals surface area contributed by atoms with Crippen molar-refractivity contribution < 1.29 is 9.21 Å². The summed E-state index contributed by atoms with van der Waals surface area (Å²) >= 11 is 6.46. The number of nitriles is 1. The number of hydrogen-bond acceptors (Lipinski definition) is 3. The zero-order chi connectivity index (χ0) is 14.5. The Balaban J connectivity index is 2.20. The molecule has 2 rings (SSSR count). The number of carbonyl (C=O) groups excluding carboxylic acids is 1. The monoisotopic (exact) mass is 394 g/mol. The highest BCUT2D eigenvalue weighted by Gasteiger charge is 2.12. The molecule has 0 spiro atoms. The van der Waals surface area contributed by atoms with Crippen LogP contribution < -0.4 is 5.32 Å². The van der Waals surface area contributed by atoms with E-state index in [0.717, 1.165) is 0 Å². The molecule has 0 aliphatic carbocycles. The van der Waals surface area contributed by atoms with Crippen molar-refractivity contribution >= 4 is 49.5 Å². The van der Waals surface area contributed by atoms with Gasteiger partial charge in [0.05, 0.1) is 4.47 Å². The van der Waals surface area contributed by atoms with Crippen molar-refractivity contribution in [3.63, 3.8) is 0 Å². The third-order valence-electron chi connectivity index (χ3n) is 2.35. The molecule has 1 aromatic heterocycles. The predicted molar refractivity (Wildman–Crippen MR) is 82.8 cm³/mol. The van der Waals surface area contributed by atoms with Gasteiger partial charge < -0.3 is 9.73 Å². The summed E-state index contributed by atoms with van der Waals surface area (Å²) in [5.74, 6) is -0.0779. The molecule has 4 nitrogen and oxygen atoms in total. The largest absolute Gasteiger partial charge is 0.449 e. The maximum absolute atomic E-state index is 12.0. The Kier molecular flexibility index (Phi) is 4.77. The third-order valence-corrected chi connectivity index (χ3v) is 4.06. The van der Waals surface area contributed by atoms with Crippen LogP contribution in [0.15, 0.2) is 55.5 Å². The Morgan fingerprint density at radius 2 is 2.00 bits per heavy atom. The van der Waals surface area contributed by atoms with Gasteiger partial charge >= 0.3 is 0 Å². The highest BCUT2D eigenvalue weighted by molar-refractivity contribution is 9.13. The first-order chi connectivity index (χ1) is 9.60. The predicted octanol–water partition coefficient (Wildman–Crippen LogP) is 4.35. The molecule has 0 atom stereocenters. The van der Waals surface area contributed by atoms with Crippen LogP contribution in [0.5, 0.6) is 0 Å². The lowest BCUT2D eigenvalue weighted by molar-refractivity contribution is -0.112. The number of benzene rings is 1. The second-order valence-electron chi connectivity index (χ2n) is 3.76. The fourth-order valence-electron chi connectivity index (χ4n) is 1.45. The molecule has 0 aliphatic heterocycles. The van der Waals surface area contributed by atoms with Crippen LogP contribution in [0.3, 0.4) is 0 Å². The molecule has 100 valence electrons. The van der Waals surface area contributed by atoms with Gasteiger partial charge in [0.2, 0.25) is 0 Å². The number of furan rings is 1. The number of carbonyl (C=O) groups is 1. The first-order valence-corrected chi connectivity index (χ1v) is 7.12. The molecule has 1 N–H and O–H groups in total. The summed E-state index contributed by atoms with van der Waals surface area (Å²) in [4.78, 5) is 12.0. The Morgan fingerprint density at radius 1 is 1.30 bits per heavy atom. The van der Waals surface area contributed by atoms with E-state index in [0.29, 0.717) is 20.6 Å². The number of hydrogen-bond donors (Lipinski definition) is 1. The van der Waals surface area contributed by atoms with Crippen molar-refractivity contribution in [3.05, 3.63) is 56.9 Å². The van der Waals surface area contributed by atoms with E-state index in [4.69, 9.17) is 9.68 Å². The third kappa shape index (κ3) is 3.59. The standard InChI is InChI=1S/C14H8Br2N2O2/c15-12-7-11(20-13(12)16)6-9(8-17)14(19)18-10-4-2-1-3-5-10/h1-7H,(H,18,19). The van der Waals surface area contributed by atoms with E-state index in [9.17, 15) is 4.79 Å². The lowest BCUT2D eigenvalue weighted by Gasteiger charge is -2.02. The molecule has 1 aromatic carbocycles. The fraction of sp³-hybridized carbons (Fsp3) is 0. The number of amides is 1. The van der Waals surface area contributed by atoms with Gasteiger partial charge in [-0.05, 0) is 50.1 Å². The summed E-state index contributed by atoms with van der Waals surface area (Å²) in [7, 11) is 0. The number of anilines is 1. The molecule has 0 bridgehead atoms. The zero-order valence-corrected chi connectivity index (χ0v) is 13.2. The van der Waals surface area contributed by atoms with Crippen molar-refractivity contribution in [2.45, 2.75) is 0 Å². The van der Waals surface area contributed by atoms with Gasteiger partial charge in [-0.3, -0.25) is 4.79 Å². The van der Waals surface area contributed by atoms with E-state index in [1.807, 2.05) is 12.1 Å². The molecular formula is C14H8Br2N2O2. The number of halogens is 2. The SMILES string of the molecule is N#CC(=Cc1cc(Br)c(Br)o1)C(=O)Nc1ccccc1. The minimum Gasteiger partial charge on any atom is -0.449 e.